The van der Waals surface area contributed by atoms with E-state index in [1.54, 1.807) is 5.56 Å². The molecule has 74 valence electrons. The Balaban J connectivity index is 2.13. The van der Waals surface area contributed by atoms with Gasteiger partial charge in [0.25, 0.3) is 0 Å². The molecule has 0 radical (unpaired) electrons. The van der Waals surface area contributed by atoms with Gasteiger partial charge in [-0.2, -0.15) is 0 Å². The quantitative estimate of drug-likeness (QED) is 0.719. The second-order valence-corrected chi connectivity index (χ2v) is 4.87. The van der Waals surface area contributed by atoms with Crippen molar-refractivity contribution in [3.8, 4) is 11.1 Å². The van der Waals surface area contributed by atoms with Gasteiger partial charge in [0, 0.05) is 4.47 Å². The van der Waals surface area contributed by atoms with Crippen LogP contribution in [-0.4, -0.2) is 0 Å². The highest BCUT2D eigenvalue weighted by Gasteiger charge is 2.16. The molecule has 0 unspecified atom stereocenters. The van der Waals surface area contributed by atoms with Gasteiger partial charge in [0.1, 0.15) is 0 Å². The van der Waals surface area contributed by atoms with Crippen LogP contribution in [0.5, 0.6) is 0 Å². The van der Waals surface area contributed by atoms with Gasteiger partial charge in [-0.25, -0.2) is 0 Å². The number of hydrogen-bond donors (Lipinski definition) is 0. The van der Waals surface area contributed by atoms with Gasteiger partial charge < -0.3 is 0 Å². The average molecular weight is 259 g/mol. The predicted molar refractivity (Wildman–Crippen MR) is 67.0 cm³/mol. The molecule has 2 aromatic carbocycles. The summed E-state index contributed by atoms with van der Waals surface area (Å²) < 4.78 is 1.14. The van der Waals surface area contributed by atoms with Crippen molar-refractivity contribution >= 4 is 15.9 Å². The average Bonchev–Trinajstić information content (AvgIpc) is 2.21. The van der Waals surface area contributed by atoms with E-state index in [9.17, 15) is 0 Å². The molecule has 0 aromatic heterocycles. The van der Waals surface area contributed by atoms with Crippen molar-refractivity contribution in [3.63, 3.8) is 0 Å². The Kier molecular flexibility index (Phi) is 2.14. The van der Waals surface area contributed by atoms with Gasteiger partial charge in [-0.1, -0.05) is 46.3 Å². The number of halogens is 1. The van der Waals surface area contributed by atoms with E-state index >= 15 is 0 Å². The number of benzene rings is 2. The fourth-order valence-corrected chi connectivity index (χ4v) is 2.41. The summed E-state index contributed by atoms with van der Waals surface area (Å²) in [6.07, 6.45) is 2.49. The summed E-state index contributed by atoms with van der Waals surface area (Å²) in [6, 6.07) is 15.2. The summed E-state index contributed by atoms with van der Waals surface area (Å²) in [5.74, 6) is 0. The first-order valence-corrected chi connectivity index (χ1v) is 6.00. The van der Waals surface area contributed by atoms with Crippen LogP contribution in [0.3, 0.4) is 0 Å². The zero-order valence-corrected chi connectivity index (χ0v) is 9.92. The Morgan fingerprint density at radius 3 is 2.33 bits per heavy atom. The second kappa shape index (κ2) is 3.49. The van der Waals surface area contributed by atoms with Crippen LogP contribution < -0.4 is 0 Å². The molecule has 0 aliphatic heterocycles. The third kappa shape index (κ3) is 1.51. The maximum absolute atomic E-state index is 3.46. The summed E-state index contributed by atoms with van der Waals surface area (Å²) in [5, 5.41) is 0. The minimum absolute atomic E-state index is 1.14. The van der Waals surface area contributed by atoms with Crippen LogP contribution in [-0.2, 0) is 12.8 Å². The van der Waals surface area contributed by atoms with E-state index in [0.29, 0.717) is 0 Å². The zero-order valence-electron chi connectivity index (χ0n) is 8.33. The Morgan fingerprint density at radius 2 is 1.67 bits per heavy atom. The number of hydrogen-bond acceptors (Lipinski definition) is 0. The fraction of sp³-hybridized carbons (Fsp3) is 0.143. The van der Waals surface area contributed by atoms with E-state index in [2.05, 4.69) is 58.4 Å². The van der Waals surface area contributed by atoms with Crippen LogP contribution >= 0.6 is 15.9 Å². The molecule has 0 amide bonds. The van der Waals surface area contributed by atoms with Crippen molar-refractivity contribution in [2.45, 2.75) is 12.8 Å². The number of rotatable bonds is 1. The largest absolute Gasteiger partial charge is 0.0614 e. The first-order valence-electron chi connectivity index (χ1n) is 5.21. The second-order valence-electron chi connectivity index (χ2n) is 3.95. The standard InChI is InChI=1S/C14H11Br/c15-12-7-4-11(5-8-12)13-3-1-2-10-6-9-14(10)13/h1-5,7-8H,6,9H2. The molecule has 15 heavy (non-hydrogen) atoms. The van der Waals surface area contributed by atoms with Crippen molar-refractivity contribution in [1.29, 1.82) is 0 Å². The third-order valence-electron chi connectivity index (χ3n) is 3.07. The molecule has 0 spiro atoms. The highest BCUT2D eigenvalue weighted by Crippen LogP contribution is 2.33. The summed E-state index contributed by atoms with van der Waals surface area (Å²) >= 11 is 3.46. The molecule has 0 heterocycles. The van der Waals surface area contributed by atoms with E-state index in [0.717, 1.165) is 4.47 Å². The number of fused-ring (bicyclic) bond motifs is 1. The van der Waals surface area contributed by atoms with Crippen LogP contribution in [0.1, 0.15) is 11.1 Å². The SMILES string of the molecule is Brc1ccc(-c2cccc3c2CC3)cc1. The molecular formula is C14H11Br. The van der Waals surface area contributed by atoms with E-state index in [4.69, 9.17) is 0 Å². The normalized spacial score (nSPS) is 13.1. The van der Waals surface area contributed by atoms with Crippen LogP contribution in [0.4, 0.5) is 0 Å². The third-order valence-corrected chi connectivity index (χ3v) is 3.60. The van der Waals surface area contributed by atoms with Crippen molar-refractivity contribution < 1.29 is 0 Å². The summed E-state index contributed by atoms with van der Waals surface area (Å²) in [5.41, 5.74) is 5.80. The Hall–Kier alpha value is -1.08. The summed E-state index contributed by atoms with van der Waals surface area (Å²) in [4.78, 5) is 0. The first-order chi connectivity index (χ1) is 7.34. The van der Waals surface area contributed by atoms with E-state index in [1.165, 1.54) is 29.5 Å². The Labute approximate surface area is 98.1 Å². The first kappa shape index (κ1) is 9.17. The molecule has 0 saturated heterocycles. The molecule has 1 heteroatoms. The predicted octanol–water partition coefficient (Wildman–Crippen LogP) is 4.21. The van der Waals surface area contributed by atoms with E-state index in [-0.39, 0.29) is 0 Å². The molecule has 0 bridgehead atoms. The van der Waals surface area contributed by atoms with Crippen molar-refractivity contribution in [3.05, 3.63) is 58.1 Å². The molecule has 0 saturated carbocycles. The Morgan fingerprint density at radius 1 is 0.867 bits per heavy atom. The molecule has 1 aliphatic carbocycles. The zero-order chi connectivity index (χ0) is 10.3. The monoisotopic (exact) mass is 258 g/mol. The molecule has 0 N–H and O–H groups in total. The highest BCUT2D eigenvalue weighted by molar-refractivity contribution is 9.10. The lowest BCUT2D eigenvalue weighted by Gasteiger charge is -2.22. The van der Waals surface area contributed by atoms with Gasteiger partial charge in [-0.15, -0.1) is 0 Å². The molecule has 0 atom stereocenters. The lowest BCUT2D eigenvalue weighted by Crippen LogP contribution is -2.09. The highest BCUT2D eigenvalue weighted by atomic mass is 79.9. The van der Waals surface area contributed by atoms with Crippen molar-refractivity contribution in [2.75, 3.05) is 0 Å². The van der Waals surface area contributed by atoms with Gasteiger partial charge in [0.05, 0.1) is 0 Å². The van der Waals surface area contributed by atoms with Crippen molar-refractivity contribution in [1.82, 2.24) is 0 Å². The molecule has 3 rings (SSSR count). The topological polar surface area (TPSA) is 0 Å². The number of aryl methyl sites for hydroxylation is 1. The van der Waals surface area contributed by atoms with Crippen LogP contribution in [0, 0.1) is 0 Å². The van der Waals surface area contributed by atoms with Crippen molar-refractivity contribution in [2.24, 2.45) is 0 Å². The van der Waals surface area contributed by atoms with Gasteiger partial charge >= 0.3 is 0 Å². The van der Waals surface area contributed by atoms with Gasteiger partial charge in [0.15, 0.2) is 0 Å². The van der Waals surface area contributed by atoms with E-state index in [1.807, 2.05) is 0 Å². The lowest BCUT2D eigenvalue weighted by molar-refractivity contribution is 0.842. The summed E-state index contributed by atoms with van der Waals surface area (Å²) in [7, 11) is 0. The van der Waals surface area contributed by atoms with Gasteiger partial charge in [0.2, 0.25) is 0 Å². The Bertz CT molecular complexity index is 497. The molecule has 0 nitrogen and oxygen atoms in total. The molecule has 1 aliphatic rings. The molecule has 2 aromatic rings. The van der Waals surface area contributed by atoms with Crippen LogP contribution in [0.2, 0.25) is 0 Å². The van der Waals surface area contributed by atoms with Crippen LogP contribution in [0.25, 0.3) is 11.1 Å². The lowest BCUT2D eigenvalue weighted by atomic mass is 9.83. The molecular weight excluding hydrogens is 248 g/mol. The smallest absolute Gasteiger partial charge is 0.0175 e. The summed E-state index contributed by atoms with van der Waals surface area (Å²) in [6.45, 7) is 0. The fourth-order valence-electron chi connectivity index (χ4n) is 2.15. The van der Waals surface area contributed by atoms with E-state index < -0.39 is 0 Å². The maximum atomic E-state index is 3.46. The minimum Gasteiger partial charge on any atom is -0.0614 e. The molecule has 0 fully saturated rings. The maximum Gasteiger partial charge on any atom is 0.0175 e. The van der Waals surface area contributed by atoms with Gasteiger partial charge in [-0.3, -0.25) is 0 Å². The van der Waals surface area contributed by atoms with Gasteiger partial charge in [-0.05, 0) is 47.2 Å². The minimum atomic E-state index is 1.14. The van der Waals surface area contributed by atoms with Crippen LogP contribution in [0.15, 0.2) is 46.9 Å².